The largest absolute Gasteiger partial charge is 0.491 e. The van der Waals surface area contributed by atoms with E-state index in [-0.39, 0.29) is 50.5 Å². The first kappa shape index (κ1) is 39.6. The van der Waals surface area contributed by atoms with Crippen LogP contribution in [-0.2, 0) is 11.3 Å². The summed E-state index contributed by atoms with van der Waals surface area (Å²) in [6.45, 7) is 2.26. The Morgan fingerprint density at radius 2 is 1.40 bits per heavy atom. The van der Waals surface area contributed by atoms with E-state index in [0.717, 1.165) is 95.7 Å². The molecule has 326 valence electrons. The number of nitrogens with one attached hydrogen (secondary N) is 1. The summed E-state index contributed by atoms with van der Waals surface area (Å²) in [7, 11) is 0. The van der Waals surface area contributed by atoms with Crippen LogP contribution in [0.3, 0.4) is 0 Å². The number of aliphatic hydroxyl groups excluding tert-OH is 2. The molecule has 6 atom stereocenters. The molecule has 19 heteroatoms. The molecule has 2 aliphatic heterocycles. The fourth-order valence-electron chi connectivity index (χ4n) is 8.58. The van der Waals surface area contributed by atoms with Gasteiger partial charge in [-0.1, -0.05) is 29.4 Å². The highest BCUT2D eigenvalue weighted by Gasteiger charge is 2.45. The zero-order chi connectivity index (χ0) is 42.6. The monoisotopic (exact) mass is 855 g/mol. The van der Waals surface area contributed by atoms with Crippen molar-refractivity contribution in [1.29, 1.82) is 0 Å². The lowest BCUT2D eigenvalue weighted by Crippen LogP contribution is -2.43. The number of hydrogen-bond donors (Lipinski definition) is 5. The highest BCUT2D eigenvalue weighted by atomic mass is 16.5. The fraction of sp³-hybridized carbons (Fsp3) is 0.432. The maximum Gasteiger partial charge on any atom is 0.164 e. The van der Waals surface area contributed by atoms with Crippen molar-refractivity contribution in [3.05, 3.63) is 78.4 Å². The summed E-state index contributed by atoms with van der Waals surface area (Å²) in [6, 6.07) is 17.4. The van der Waals surface area contributed by atoms with Gasteiger partial charge in [-0.3, -0.25) is 0 Å². The number of benzene rings is 2. The van der Waals surface area contributed by atoms with Gasteiger partial charge in [-0.2, -0.15) is 10.2 Å². The van der Waals surface area contributed by atoms with Gasteiger partial charge in [0.2, 0.25) is 0 Å². The van der Waals surface area contributed by atoms with E-state index in [2.05, 4.69) is 20.5 Å². The van der Waals surface area contributed by atoms with Crippen molar-refractivity contribution in [3.63, 3.8) is 0 Å². The van der Waals surface area contributed by atoms with E-state index in [9.17, 15) is 10.2 Å². The van der Waals surface area contributed by atoms with Gasteiger partial charge in [0, 0.05) is 49.3 Å². The van der Waals surface area contributed by atoms with Crippen LogP contribution in [0.2, 0.25) is 0 Å². The van der Waals surface area contributed by atoms with Crippen LogP contribution in [0.1, 0.15) is 61.6 Å². The second-order valence-electron chi connectivity index (χ2n) is 17.0. The normalized spacial score (nSPS) is 21.6. The number of fused-ring (bicyclic) bond motifs is 4. The summed E-state index contributed by atoms with van der Waals surface area (Å²) >= 11 is 0. The van der Waals surface area contributed by atoms with Crippen LogP contribution in [0, 0.1) is 0 Å². The smallest absolute Gasteiger partial charge is 0.164 e. The number of nitrogens with zero attached hydrogens (tertiary/aromatic N) is 10. The summed E-state index contributed by atoms with van der Waals surface area (Å²) in [5, 5.41) is 39.2. The van der Waals surface area contributed by atoms with Crippen LogP contribution < -0.4 is 31.2 Å². The van der Waals surface area contributed by atoms with E-state index < -0.39 is 12.2 Å². The summed E-state index contributed by atoms with van der Waals surface area (Å²) in [5.41, 5.74) is 15.0. The van der Waals surface area contributed by atoms with Crippen molar-refractivity contribution in [3.8, 4) is 34.3 Å². The minimum absolute atomic E-state index is 0.00997. The van der Waals surface area contributed by atoms with Gasteiger partial charge in [-0.25, -0.2) is 29.3 Å². The lowest BCUT2D eigenvalue weighted by molar-refractivity contribution is 0.0303. The molecule has 19 nitrogen and oxygen atoms in total. The molecule has 2 saturated carbocycles. The number of ether oxygens (including phenoxy) is 3. The minimum atomic E-state index is -0.761. The van der Waals surface area contributed by atoms with Gasteiger partial charge in [0.05, 0.1) is 54.0 Å². The van der Waals surface area contributed by atoms with E-state index in [0.29, 0.717) is 41.6 Å². The Morgan fingerprint density at radius 1 is 0.762 bits per heavy atom. The van der Waals surface area contributed by atoms with Gasteiger partial charge in [0.15, 0.2) is 22.9 Å². The Hall–Kier alpha value is -6.25. The summed E-state index contributed by atoms with van der Waals surface area (Å²) < 4.78 is 27.8. The molecule has 2 saturated heterocycles. The van der Waals surface area contributed by atoms with Crippen molar-refractivity contribution in [2.45, 2.75) is 81.1 Å². The Bertz CT molecular complexity index is 2760. The second kappa shape index (κ2) is 16.5. The molecular formula is C44H49N13O6. The van der Waals surface area contributed by atoms with Crippen molar-refractivity contribution in [2.24, 2.45) is 11.5 Å². The second-order valence-corrected chi connectivity index (χ2v) is 17.0. The topological polar surface area (TPSA) is 249 Å². The number of rotatable bonds is 17. The van der Waals surface area contributed by atoms with Gasteiger partial charge in [-0.15, -0.1) is 0 Å². The Balaban J connectivity index is 0.846. The number of anilines is 2. The SMILES string of the molecule is NCC(O)COc1cccc(-c2nc(NCc3cc(C4CC4n4ncc5c(N6CC7CCC(C6)O7)nc(-c6cccc(OCC(O)CN)c6)nc54)on3)c3cnn(C4CC4)c3n2)c1. The average molecular weight is 856 g/mol. The number of morpholine rings is 1. The summed E-state index contributed by atoms with van der Waals surface area (Å²) in [5.74, 6) is 4.55. The first-order valence-electron chi connectivity index (χ1n) is 21.7. The molecule has 63 heavy (non-hydrogen) atoms. The quantitative estimate of drug-likeness (QED) is 0.0875. The average Bonchev–Trinajstić information content (AvgIpc) is 4.11. The fourth-order valence-corrected chi connectivity index (χ4v) is 8.58. The Labute approximate surface area is 361 Å². The summed E-state index contributed by atoms with van der Waals surface area (Å²) in [6.07, 6.45) is 7.51. The molecule has 2 bridgehead atoms. The number of aromatic nitrogens is 9. The predicted molar refractivity (Wildman–Crippen MR) is 231 cm³/mol. The first-order chi connectivity index (χ1) is 30.9. The number of hydrogen-bond acceptors (Lipinski definition) is 17. The van der Waals surface area contributed by atoms with Gasteiger partial charge in [0.1, 0.15) is 60.0 Å². The van der Waals surface area contributed by atoms with Gasteiger partial charge >= 0.3 is 0 Å². The molecule has 5 aromatic heterocycles. The highest BCUT2D eigenvalue weighted by molar-refractivity contribution is 5.90. The molecule has 0 radical (unpaired) electrons. The third-order valence-corrected chi connectivity index (χ3v) is 12.2. The zero-order valence-electron chi connectivity index (χ0n) is 34.5. The van der Waals surface area contributed by atoms with Gasteiger partial charge < -0.3 is 50.6 Å². The van der Waals surface area contributed by atoms with E-state index in [4.69, 9.17) is 55.2 Å². The molecule has 7 aromatic rings. The van der Waals surface area contributed by atoms with Crippen molar-refractivity contribution in [1.82, 2.24) is 44.7 Å². The van der Waals surface area contributed by atoms with Crippen LogP contribution in [0.25, 0.3) is 44.8 Å². The molecule has 2 aromatic carbocycles. The van der Waals surface area contributed by atoms with Crippen LogP contribution >= 0.6 is 0 Å². The third-order valence-electron chi connectivity index (χ3n) is 12.2. The molecule has 2 aliphatic carbocycles. The van der Waals surface area contributed by atoms with E-state index >= 15 is 0 Å². The van der Waals surface area contributed by atoms with Gasteiger partial charge in [0.25, 0.3) is 0 Å². The molecule has 7 N–H and O–H groups in total. The van der Waals surface area contributed by atoms with Crippen molar-refractivity contribution < 1.29 is 28.9 Å². The van der Waals surface area contributed by atoms with Crippen LogP contribution in [-0.4, -0.2) is 119 Å². The zero-order valence-corrected chi connectivity index (χ0v) is 34.5. The maximum absolute atomic E-state index is 10.00. The Kier molecular flexibility index (Phi) is 10.3. The molecular weight excluding hydrogens is 807 g/mol. The van der Waals surface area contributed by atoms with E-state index in [1.165, 1.54) is 0 Å². The molecule has 11 rings (SSSR count). The lowest BCUT2D eigenvalue weighted by Gasteiger charge is -2.33. The van der Waals surface area contributed by atoms with Crippen molar-refractivity contribution >= 4 is 33.7 Å². The Morgan fingerprint density at radius 3 is 2.06 bits per heavy atom. The molecule has 4 fully saturated rings. The first-order valence-corrected chi connectivity index (χ1v) is 21.7. The van der Waals surface area contributed by atoms with Crippen LogP contribution in [0.15, 0.2) is 71.5 Å². The number of nitrogens with two attached hydrogens (primary N) is 2. The maximum atomic E-state index is 10.00. The van der Waals surface area contributed by atoms with Crippen molar-refractivity contribution in [2.75, 3.05) is 49.6 Å². The highest BCUT2D eigenvalue weighted by Crippen LogP contribution is 2.52. The molecule has 0 spiro atoms. The molecule has 4 aliphatic rings. The van der Waals surface area contributed by atoms with Crippen LogP contribution in [0.5, 0.6) is 11.5 Å². The molecule has 7 heterocycles. The number of aliphatic hydroxyl groups is 2. The van der Waals surface area contributed by atoms with E-state index in [1.54, 1.807) is 0 Å². The van der Waals surface area contributed by atoms with Gasteiger partial charge in [-0.05, 0) is 56.4 Å². The standard InChI is InChI=1S/C44H49N13O6/c45-15-28(58)22-60-30-5-1-3-24(11-30)39-50-41(35-18-48-56(27-7-8-27)43(35)52-39)47-17-26-13-38(63-54-26)34-14-37(34)57-44-36(19-49-57)42(55-20-32-9-10-33(21-55)62-32)51-40(53-44)25-4-2-6-31(12-25)61-23-29(59)16-46/h1-6,11-13,18-19,27-29,32-34,37,58-59H,7-10,14-17,20-23,45-46H2,(H,47,50,52). The predicted octanol–water partition coefficient (Wildman–Crippen LogP) is 3.73. The third kappa shape index (κ3) is 8.02. The van der Waals surface area contributed by atoms with Crippen LogP contribution in [0.4, 0.5) is 11.6 Å². The molecule has 0 amide bonds. The summed E-state index contributed by atoms with van der Waals surface area (Å²) in [4.78, 5) is 22.5. The molecule has 6 unspecified atom stereocenters. The lowest BCUT2D eigenvalue weighted by atomic mass is 10.2. The van der Waals surface area contributed by atoms with E-state index in [1.807, 2.05) is 76.4 Å². The minimum Gasteiger partial charge on any atom is -0.491 e.